The Hall–Kier alpha value is -3.69. The molecule has 0 aliphatic carbocycles. The summed E-state index contributed by atoms with van der Waals surface area (Å²) in [4.78, 5) is 18.4. The van der Waals surface area contributed by atoms with Gasteiger partial charge in [-0.05, 0) is 50.2 Å². The second-order valence-corrected chi connectivity index (χ2v) is 6.78. The van der Waals surface area contributed by atoms with Crippen molar-refractivity contribution in [2.45, 2.75) is 13.0 Å². The molecular formula is C23H21N5O. The number of hydrogen-bond acceptors (Lipinski definition) is 4. The number of rotatable bonds is 3. The largest absolute Gasteiger partial charge is 0.311 e. The lowest BCUT2D eigenvalue weighted by Gasteiger charge is -2.18. The van der Waals surface area contributed by atoms with Gasteiger partial charge in [-0.25, -0.2) is 4.98 Å². The maximum atomic E-state index is 13.6. The minimum Gasteiger partial charge on any atom is -0.311 e. The number of aryl methyl sites for hydroxylation is 1. The van der Waals surface area contributed by atoms with E-state index in [1.807, 2.05) is 81.8 Å². The molecule has 1 atom stereocenters. The molecule has 0 saturated carbocycles. The monoisotopic (exact) mass is 383 g/mol. The average molecular weight is 383 g/mol. The second-order valence-electron chi connectivity index (χ2n) is 6.78. The maximum Gasteiger partial charge on any atom is 0.267 e. The van der Waals surface area contributed by atoms with Gasteiger partial charge >= 0.3 is 0 Å². The molecule has 0 spiro atoms. The van der Waals surface area contributed by atoms with Gasteiger partial charge in [0.2, 0.25) is 0 Å². The number of nitrogens with one attached hydrogen (secondary N) is 1. The van der Waals surface area contributed by atoms with Crippen molar-refractivity contribution in [3.63, 3.8) is 0 Å². The van der Waals surface area contributed by atoms with Crippen molar-refractivity contribution in [1.29, 1.82) is 0 Å². The molecule has 0 radical (unpaired) electrons. The first-order valence-electron chi connectivity index (χ1n) is 9.38. The molecule has 144 valence electrons. The lowest BCUT2D eigenvalue weighted by atomic mass is 10.1. The number of para-hydroxylation sites is 1. The van der Waals surface area contributed by atoms with Crippen LogP contribution in [0.3, 0.4) is 0 Å². The van der Waals surface area contributed by atoms with Crippen LogP contribution in [0.1, 0.15) is 30.0 Å². The maximum absolute atomic E-state index is 13.6. The fourth-order valence-corrected chi connectivity index (χ4v) is 3.21. The summed E-state index contributed by atoms with van der Waals surface area (Å²) in [6.45, 7) is 1.98. The van der Waals surface area contributed by atoms with Crippen molar-refractivity contribution in [2.75, 3.05) is 7.05 Å². The molecule has 0 fully saturated rings. The number of nitrogens with zero attached hydrogens (tertiary/aromatic N) is 4. The second kappa shape index (κ2) is 7.74. The summed E-state index contributed by atoms with van der Waals surface area (Å²) >= 11 is 0. The molecule has 4 aromatic rings. The molecule has 0 saturated heterocycles. The van der Waals surface area contributed by atoms with Gasteiger partial charge in [0.15, 0.2) is 0 Å². The van der Waals surface area contributed by atoms with Gasteiger partial charge in [-0.15, -0.1) is 0 Å². The van der Waals surface area contributed by atoms with Gasteiger partial charge in [-0.1, -0.05) is 30.2 Å². The van der Waals surface area contributed by atoms with E-state index < -0.39 is 0 Å². The van der Waals surface area contributed by atoms with Crippen molar-refractivity contribution < 1.29 is 0 Å². The number of hydrogen-bond donors (Lipinski definition) is 1. The first-order chi connectivity index (χ1) is 14.1. The average Bonchev–Trinajstić information content (AvgIpc) is 3.17. The van der Waals surface area contributed by atoms with Gasteiger partial charge < -0.3 is 5.32 Å². The lowest BCUT2D eigenvalue weighted by molar-refractivity contribution is 0.589. The van der Waals surface area contributed by atoms with E-state index >= 15 is 0 Å². The Balaban J connectivity index is 2.00. The van der Waals surface area contributed by atoms with Crippen molar-refractivity contribution >= 4 is 10.9 Å². The Labute approximate surface area is 168 Å². The third-order valence-corrected chi connectivity index (χ3v) is 4.80. The summed E-state index contributed by atoms with van der Waals surface area (Å²) in [7, 11) is 3.70. The summed E-state index contributed by atoms with van der Waals surface area (Å²) in [5.74, 6) is 6.80. The zero-order chi connectivity index (χ0) is 20.4. The molecular weight excluding hydrogens is 362 g/mol. The molecule has 2 aromatic heterocycles. The van der Waals surface area contributed by atoms with E-state index in [1.165, 1.54) is 0 Å². The van der Waals surface area contributed by atoms with Gasteiger partial charge in [-0.3, -0.25) is 14.0 Å². The van der Waals surface area contributed by atoms with E-state index in [0.29, 0.717) is 28.0 Å². The summed E-state index contributed by atoms with van der Waals surface area (Å²) in [5.41, 5.74) is 2.56. The van der Waals surface area contributed by atoms with Crippen LogP contribution in [0.2, 0.25) is 0 Å². The van der Waals surface area contributed by atoms with Crippen LogP contribution in [-0.2, 0) is 7.05 Å². The van der Waals surface area contributed by atoms with Crippen molar-refractivity contribution in [3.05, 3.63) is 88.2 Å². The van der Waals surface area contributed by atoms with Crippen LogP contribution in [0.25, 0.3) is 16.6 Å². The summed E-state index contributed by atoms with van der Waals surface area (Å²) in [5, 5.41) is 7.97. The Morgan fingerprint density at radius 1 is 1.03 bits per heavy atom. The quantitative estimate of drug-likeness (QED) is 0.553. The van der Waals surface area contributed by atoms with E-state index in [-0.39, 0.29) is 11.6 Å². The molecule has 29 heavy (non-hydrogen) atoms. The number of aromatic nitrogens is 4. The minimum atomic E-state index is -0.135. The molecule has 4 rings (SSSR count). The molecule has 6 heteroatoms. The Morgan fingerprint density at radius 3 is 2.52 bits per heavy atom. The van der Waals surface area contributed by atoms with Crippen LogP contribution in [0.15, 0.2) is 65.6 Å². The van der Waals surface area contributed by atoms with E-state index in [4.69, 9.17) is 4.98 Å². The molecule has 0 aliphatic rings. The Morgan fingerprint density at radius 2 is 1.83 bits per heavy atom. The van der Waals surface area contributed by atoms with E-state index in [2.05, 4.69) is 22.3 Å². The van der Waals surface area contributed by atoms with Crippen LogP contribution in [0.5, 0.6) is 0 Å². The van der Waals surface area contributed by atoms with Crippen LogP contribution >= 0.6 is 0 Å². The summed E-state index contributed by atoms with van der Waals surface area (Å²) in [6, 6.07) is 16.9. The highest BCUT2D eigenvalue weighted by molar-refractivity contribution is 5.84. The molecule has 0 unspecified atom stereocenters. The van der Waals surface area contributed by atoms with E-state index in [9.17, 15) is 4.79 Å². The normalized spacial score (nSPS) is 11.8. The third-order valence-electron chi connectivity index (χ3n) is 4.80. The first-order valence-corrected chi connectivity index (χ1v) is 9.38. The minimum absolute atomic E-state index is 0.101. The number of benzene rings is 2. The van der Waals surface area contributed by atoms with Crippen molar-refractivity contribution in [2.24, 2.45) is 7.05 Å². The van der Waals surface area contributed by atoms with E-state index in [0.717, 1.165) is 5.69 Å². The summed E-state index contributed by atoms with van der Waals surface area (Å²) < 4.78 is 3.36. The molecule has 6 nitrogen and oxygen atoms in total. The van der Waals surface area contributed by atoms with Crippen LogP contribution in [0.4, 0.5) is 0 Å². The lowest BCUT2D eigenvalue weighted by Crippen LogP contribution is -2.29. The standard InChI is InChI=1S/C23H21N5O/c1-16(24-2)22-25-20-11-7-8-17(12-13-18-14-15-27(3)26-18)21(20)23(29)28(22)19-9-5-4-6-10-19/h4-11,14-16,24H,1-3H3/t16-/m1/s1. The van der Waals surface area contributed by atoms with Gasteiger partial charge in [0.25, 0.3) is 5.56 Å². The fraction of sp³-hybridized carbons (Fsp3) is 0.174. The highest BCUT2D eigenvalue weighted by atomic mass is 16.1. The Kier molecular flexibility index (Phi) is 4.98. The van der Waals surface area contributed by atoms with Gasteiger partial charge in [0.05, 0.1) is 22.6 Å². The van der Waals surface area contributed by atoms with Crippen molar-refractivity contribution in [3.8, 4) is 17.5 Å². The molecule has 0 aliphatic heterocycles. The van der Waals surface area contributed by atoms with E-state index in [1.54, 1.807) is 9.25 Å². The molecule has 0 amide bonds. The topological polar surface area (TPSA) is 64.7 Å². The predicted molar refractivity (Wildman–Crippen MR) is 114 cm³/mol. The highest BCUT2D eigenvalue weighted by Crippen LogP contribution is 2.19. The molecule has 0 bridgehead atoms. The Bertz CT molecular complexity index is 1290. The summed E-state index contributed by atoms with van der Waals surface area (Å²) in [6.07, 6.45) is 1.84. The highest BCUT2D eigenvalue weighted by Gasteiger charge is 2.18. The number of fused-ring (bicyclic) bond motifs is 1. The van der Waals surface area contributed by atoms with Crippen LogP contribution in [-0.4, -0.2) is 26.4 Å². The molecule has 1 N–H and O–H groups in total. The first kappa shape index (κ1) is 18.7. The smallest absolute Gasteiger partial charge is 0.267 e. The third kappa shape index (κ3) is 3.56. The SMILES string of the molecule is CN[C@H](C)c1nc2cccc(C#Cc3ccn(C)n3)c2c(=O)n1-c1ccccc1. The van der Waals surface area contributed by atoms with Crippen LogP contribution in [0, 0.1) is 11.8 Å². The van der Waals surface area contributed by atoms with Crippen LogP contribution < -0.4 is 10.9 Å². The zero-order valence-corrected chi connectivity index (χ0v) is 16.5. The molecule has 2 aromatic carbocycles. The van der Waals surface area contributed by atoms with Gasteiger partial charge in [0, 0.05) is 18.8 Å². The van der Waals surface area contributed by atoms with Crippen molar-refractivity contribution in [1.82, 2.24) is 24.6 Å². The molecule has 2 heterocycles. The predicted octanol–water partition coefficient (Wildman–Crippen LogP) is 2.80. The van der Waals surface area contributed by atoms with Gasteiger partial charge in [0.1, 0.15) is 11.5 Å². The zero-order valence-electron chi connectivity index (χ0n) is 16.5. The fourth-order valence-electron chi connectivity index (χ4n) is 3.21. The van der Waals surface area contributed by atoms with Gasteiger partial charge in [-0.2, -0.15) is 5.10 Å².